The molecule has 2 aliphatic heterocycles. The highest BCUT2D eigenvalue weighted by Crippen LogP contribution is 2.51. The molecule has 1 aromatic rings. The summed E-state index contributed by atoms with van der Waals surface area (Å²) >= 11 is 0. The van der Waals surface area contributed by atoms with Crippen molar-refractivity contribution in [2.75, 3.05) is 32.7 Å². The third-order valence-electron chi connectivity index (χ3n) is 5.88. The third-order valence-corrected chi connectivity index (χ3v) is 5.88. The SMILES string of the molecule is O=C(N1CC[C@@](O)(CN2CCCC2)C1)C1(c2ccccc2F)CC1. The van der Waals surface area contributed by atoms with E-state index in [1.165, 1.54) is 18.9 Å². The van der Waals surface area contributed by atoms with Crippen LogP contribution in [0.3, 0.4) is 0 Å². The summed E-state index contributed by atoms with van der Waals surface area (Å²) in [6, 6.07) is 6.60. The minimum atomic E-state index is -0.814. The van der Waals surface area contributed by atoms with Gasteiger partial charge in [-0.3, -0.25) is 4.79 Å². The molecule has 4 nitrogen and oxygen atoms in total. The Morgan fingerprint density at radius 1 is 1.12 bits per heavy atom. The van der Waals surface area contributed by atoms with Crippen molar-refractivity contribution in [2.45, 2.75) is 43.1 Å². The number of halogens is 1. The van der Waals surface area contributed by atoms with E-state index in [-0.39, 0.29) is 11.7 Å². The lowest BCUT2D eigenvalue weighted by atomic mass is 9.93. The molecule has 1 aromatic carbocycles. The van der Waals surface area contributed by atoms with E-state index in [4.69, 9.17) is 0 Å². The molecule has 0 spiro atoms. The zero-order valence-corrected chi connectivity index (χ0v) is 14.0. The van der Waals surface area contributed by atoms with E-state index < -0.39 is 11.0 Å². The van der Waals surface area contributed by atoms with E-state index >= 15 is 0 Å². The summed E-state index contributed by atoms with van der Waals surface area (Å²) in [6.07, 6.45) is 4.40. The lowest BCUT2D eigenvalue weighted by Crippen LogP contribution is -2.46. The number of β-amino-alcohol motifs (C(OH)–C–C–N with tert-alkyl or cyclic N) is 1. The molecule has 4 rings (SSSR count). The van der Waals surface area contributed by atoms with Crippen LogP contribution in [0.2, 0.25) is 0 Å². The van der Waals surface area contributed by atoms with Crippen LogP contribution in [-0.4, -0.2) is 59.1 Å². The Morgan fingerprint density at radius 3 is 2.50 bits per heavy atom. The molecule has 24 heavy (non-hydrogen) atoms. The fraction of sp³-hybridized carbons (Fsp3) is 0.632. The van der Waals surface area contributed by atoms with Crippen LogP contribution in [0.25, 0.3) is 0 Å². The maximum atomic E-state index is 14.2. The average molecular weight is 332 g/mol. The van der Waals surface area contributed by atoms with Crippen molar-refractivity contribution in [2.24, 2.45) is 0 Å². The predicted octanol–water partition coefficient (Wildman–Crippen LogP) is 1.92. The zero-order chi connectivity index (χ0) is 16.8. The highest BCUT2D eigenvalue weighted by atomic mass is 19.1. The number of carbonyl (C=O) groups excluding carboxylic acids is 1. The smallest absolute Gasteiger partial charge is 0.233 e. The number of carbonyl (C=O) groups is 1. The molecule has 0 aromatic heterocycles. The summed E-state index contributed by atoms with van der Waals surface area (Å²) in [5, 5.41) is 10.9. The van der Waals surface area contributed by atoms with E-state index in [0.29, 0.717) is 44.5 Å². The molecular formula is C19H25FN2O2. The standard InChI is InChI=1S/C19H25FN2O2/c20-16-6-2-1-5-15(16)19(7-8-19)17(23)22-12-9-18(24,14-22)13-21-10-3-4-11-21/h1-2,5-6,24H,3-4,7-14H2/t18-/m1/s1. The molecule has 5 heteroatoms. The molecule has 0 unspecified atom stereocenters. The molecule has 2 heterocycles. The summed E-state index contributed by atoms with van der Waals surface area (Å²) in [7, 11) is 0. The normalized spacial score (nSPS) is 29.2. The summed E-state index contributed by atoms with van der Waals surface area (Å²) < 4.78 is 14.2. The molecular weight excluding hydrogens is 307 g/mol. The van der Waals surface area contributed by atoms with E-state index in [0.717, 1.165) is 13.1 Å². The highest BCUT2D eigenvalue weighted by Gasteiger charge is 2.56. The topological polar surface area (TPSA) is 43.8 Å². The third kappa shape index (κ3) is 2.74. The number of nitrogens with zero attached hydrogens (tertiary/aromatic N) is 2. The Bertz CT molecular complexity index is 640. The van der Waals surface area contributed by atoms with Gasteiger partial charge in [0, 0.05) is 18.7 Å². The molecule has 1 saturated carbocycles. The molecule has 1 N–H and O–H groups in total. The van der Waals surface area contributed by atoms with E-state index in [2.05, 4.69) is 4.90 Å². The second-order valence-electron chi connectivity index (χ2n) is 7.75. The molecule has 3 fully saturated rings. The van der Waals surface area contributed by atoms with Gasteiger partial charge in [0.25, 0.3) is 0 Å². The maximum Gasteiger partial charge on any atom is 0.233 e. The first-order valence-electron chi connectivity index (χ1n) is 9.02. The Labute approximate surface area is 142 Å². The van der Waals surface area contributed by atoms with Crippen molar-refractivity contribution in [1.82, 2.24) is 9.80 Å². The quantitative estimate of drug-likeness (QED) is 0.916. The van der Waals surface area contributed by atoms with Crippen molar-refractivity contribution in [1.29, 1.82) is 0 Å². The fourth-order valence-corrected chi connectivity index (χ4v) is 4.39. The molecule has 3 aliphatic rings. The minimum absolute atomic E-state index is 0.00931. The maximum absolute atomic E-state index is 14.2. The number of amides is 1. The van der Waals surface area contributed by atoms with Gasteiger partial charge in [-0.25, -0.2) is 4.39 Å². The summed E-state index contributed by atoms with van der Waals surface area (Å²) in [4.78, 5) is 17.1. The highest BCUT2D eigenvalue weighted by molar-refractivity contribution is 5.91. The van der Waals surface area contributed by atoms with Gasteiger partial charge in [0.05, 0.1) is 17.6 Å². The molecule has 1 atom stereocenters. The average Bonchev–Trinajstić information content (AvgIpc) is 3.04. The van der Waals surface area contributed by atoms with Crippen LogP contribution in [0, 0.1) is 5.82 Å². The first-order valence-corrected chi connectivity index (χ1v) is 9.02. The molecule has 0 radical (unpaired) electrons. The van der Waals surface area contributed by atoms with Gasteiger partial charge in [-0.15, -0.1) is 0 Å². The van der Waals surface area contributed by atoms with Gasteiger partial charge in [-0.05, 0) is 51.3 Å². The van der Waals surface area contributed by atoms with Crippen LogP contribution in [0.15, 0.2) is 24.3 Å². The zero-order valence-electron chi connectivity index (χ0n) is 14.0. The molecule has 2 saturated heterocycles. The van der Waals surface area contributed by atoms with Crippen LogP contribution in [0.1, 0.15) is 37.7 Å². The number of hydrogen-bond donors (Lipinski definition) is 1. The lowest BCUT2D eigenvalue weighted by molar-refractivity contribution is -0.134. The van der Waals surface area contributed by atoms with Gasteiger partial charge in [0.15, 0.2) is 0 Å². The second-order valence-corrected chi connectivity index (χ2v) is 7.75. The number of benzene rings is 1. The first kappa shape index (κ1) is 16.0. The minimum Gasteiger partial charge on any atom is -0.387 e. The van der Waals surface area contributed by atoms with Crippen LogP contribution in [-0.2, 0) is 10.2 Å². The van der Waals surface area contributed by atoms with E-state index in [1.54, 1.807) is 23.1 Å². The number of rotatable bonds is 4. The van der Waals surface area contributed by atoms with Crippen LogP contribution < -0.4 is 0 Å². The summed E-state index contributed by atoms with van der Waals surface area (Å²) in [5.74, 6) is -0.306. The Balaban J connectivity index is 1.47. The number of likely N-dealkylation sites (tertiary alicyclic amines) is 2. The van der Waals surface area contributed by atoms with Crippen molar-refractivity contribution >= 4 is 5.91 Å². The van der Waals surface area contributed by atoms with Crippen molar-refractivity contribution in [3.8, 4) is 0 Å². The van der Waals surface area contributed by atoms with Crippen LogP contribution in [0.4, 0.5) is 4.39 Å². The van der Waals surface area contributed by atoms with Gasteiger partial charge in [0.2, 0.25) is 5.91 Å². The van der Waals surface area contributed by atoms with Gasteiger partial charge in [-0.2, -0.15) is 0 Å². The largest absolute Gasteiger partial charge is 0.387 e. The van der Waals surface area contributed by atoms with Crippen molar-refractivity contribution in [3.63, 3.8) is 0 Å². The van der Waals surface area contributed by atoms with Gasteiger partial charge < -0.3 is 14.9 Å². The van der Waals surface area contributed by atoms with Gasteiger partial charge in [-0.1, -0.05) is 18.2 Å². The summed E-state index contributed by atoms with van der Waals surface area (Å²) in [6.45, 7) is 3.66. The predicted molar refractivity (Wildman–Crippen MR) is 89.1 cm³/mol. The molecule has 1 amide bonds. The van der Waals surface area contributed by atoms with Gasteiger partial charge in [0.1, 0.15) is 5.82 Å². The summed E-state index contributed by atoms with van der Waals surface area (Å²) in [5.41, 5.74) is -0.986. The Kier molecular flexibility index (Phi) is 3.88. The lowest BCUT2D eigenvalue weighted by Gasteiger charge is -2.29. The van der Waals surface area contributed by atoms with Crippen LogP contribution in [0.5, 0.6) is 0 Å². The molecule has 1 aliphatic carbocycles. The van der Waals surface area contributed by atoms with Crippen LogP contribution >= 0.6 is 0 Å². The van der Waals surface area contributed by atoms with E-state index in [1.807, 2.05) is 0 Å². The number of hydrogen-bond acceptors (Lipinski definition) is 3. The van der Waals surface area contributed by atoms with Crippen molar-refractivity contribution in [3.05, 3.63) is 35.6 Å². The van der Waals surface area contributed by atoms with Gasteiger partial charge >= 0.3 is 0 Å². The first-order chi connectivity index (χ1) is 11.5. The van der Waals surface area contributed by atoms with E-state index in [9.17, 15) is 14.3 Å². The molecule has 130 valence electrons. The Hall–Kier alpha value is -1.46. The number of aliphatic hydroxyl groups is 1. The monoisotopic (exact) mass is 332 g/mol. The molecule has 0 bridgehead atoms. The second kappa shape index (κ2) is 5.81. The fourth-order valence-electron chi connectivity index (χ4n) is 4.39. The van der Waals surface area contributed by atoms with Crippen molar-refractivity contribution < 1.29 is 14.3 Å². The Morgan fingerprint density at radius 2 is 1.83 bits per heavy atom.